The van der Waals surface area contributed by atoms with Crippen molar-refractivity contribution in [2.75, 3.05) is 18.0 Å². The number of rotatable bonds is 4. The van der Waals surface area contributed by atoms with Crippen molar-refractivity contribution in [2.45, 2.75) is 19.4 Å². The van der Waals surface area contributed by atoms with E-state index in [1.807, 2.05) is 25.4 Å². The van der Waals surface area contributed by atoms with Crippen LogP contribution in [0.25, 0.3) is 22.3 Å². The predicted octanol–water partition coefficient (Wildman–Crippen LogP) is 1.90. The summed E-state index contributed by atoms with van der Waals surface area (Å²) in [7, 11) is 1.89. The zero-order chi connectivity index (χ0) is 20.5. The smallest absolute Gasteiger partial charge is 0.266 e. The molecule has 1 aliphatic heterocycles. The number of nitrogens with zero attached hydrogens (tertiary/aromatic N) is 8. The quantitative estimate of drug-likeness (QED) is 0.514. The molecule has 5 heterocycles. The van der Waals surface area contributed by atoms with Gasteiger partial charge in [0.25, 0.3) is 5.56 Å². The first-order chi connectivity index (χ1) is 14.7. The topological polar surface area (TPSA) is 94.6 Å². The number of hydrogen-bond donors (Lipinski definition) is 0. The van der Waals surface area contributed by atoms with Crippen LogP contribution >= 0.6 is 0 Å². The van der Waals surface area contributed by atoms with Crippen molar-refractivity contribution in [2.24, 2.45) is 13.0 Å². The van der Waals surface area contributed by atoms with Crippen LogP contribution in [0.4, 0.5) is 5.82 Å². The molecule has 0 bridgehead atoms. The van der Waals surface area contributed by atoms with Crippen molar-refractivity contribution < 1.29 is 0 Å². The van der Waals surface area contributed by atoms with E-state index in [2.05, 4.69) is 30.0 Å². The number of aromatic nitrogens is 7. The van der Waals surface area contributed by atoms with Gasteiger partial charge in [-0.05, 0) is 37.0 Å². The van der Waals surface area contributed by atoms with Crippen LogP contribution in [-0.2, 0) is 13.6 Å². The second kappa shape index (κ2) is 7.66. The van der Waals surface area contributed by atoms with Crippen molar-refractivity contribution in [1.29, 1.82) is 0 Å². The van der Waals surface area contributed by atoms with E-state index in [4.69, 9.17) is 0 Å². The summed E-state index contributed by atoms with van der Waals surface area (Å²) in [6, 6.07) is 7.16. The Labute approximate surface area is 173 Å². The molecule has 0 aliphatic carbocycles. The van der Waals surface area contributed by atoms with Gasteiger partial charge in [-0.25, -0.2) is 14.6 Å². The van der Waals surface area contributed by atoms with Gasteiger partial charge in [0.2, 0.25) is 0 Å². The number of piperidine rings is 1. The molecule has 4 aromatic rings. The minimum Gasteiger partial charge on any atom is -0.356 e. The Morgan fingerprint density at radius 1 is 1.07 bits per heavy atom. The van der Waals surface area contributed by atoms with Crippen molar-refractivity contribution in [3.63, 3.8) is 0 Å². The first-order valence-corrected chi connectivity index (χ1v) is 10.1. The highest BCUT2D eigenvalue weighted by Gasteiger charge is 2.23. The fourth-order valence-corrected chi connectivity index (χ4v) is 4.03. The second-order valence-electron chi connectivity index (χ2n) is 7.61. The van der Waals surface area contributed by atoms with E-state index < -0.39 is 0 Å². The zero-order valence-corrected chi connectivity index (χ0v) is 16.7. The molecule has 4 aromatic heterocycles. The fourth-order valence-electron chi connectivity index (χ4n) is 4.03. The highest BCUT2D eigenvalue weighted by atomic mass is 16.1. The van der Waals surface area contributed by atoms with Crippen LogP contribution in [0.2, 0.25) is 0 Å². The van der Waals surface area contributed by atoms with Gasteiger partial charge in [-0.2, -0.15) is 10.2 Å². The highest BCUT2D eigenvalue weighted by molar-refractivity contribution is 5.86. The first kappa shape index (κ1) is 18.4. The van der Waals surface area contributed by atoms with E-state index >= 15 is 0 Å². The van der Waals surface area contributed by atoms with Crippen LogP contribution in [0.3, 0.4) is 0 Å². The molecule has 0 spiro atoms. The van der Waals surface area contributed by atoms with Gasteiger partial charge in [0.15, 0.2) is 5.65 Å². The summed E-state index contributed by atoms with van der Waals surface area (Å²) < 4.78 is 3.36. The van der Waals surface area contributed by atoms with Gasteiger partial charge in [-0.3, -0.25) is 14.5 Å². The molecule has 0 atom stereocenters. The molecule has 0 unspecified atom stereocenters. The molecule has 1 saturated heterocycles. The highest BCUT2D eigenvalue weighted by Crippen LogP contribution is 2.27. The monoisotopic (exact) mass is 402 g/mol. The number of fused-ring (bicyclic) bond motifs is 1. The van der Waals surface area contributed by atoms with Crippen LogP contribution in [-0.4, -0.2) is 47.6 Å². The number of hydrogen-bond acceptors (Lipinski definition) is 7. The molecule has 0 amide bonds. The van der Waals surface area contributed by atoms with Gasteiger partial charge in [0.05, 0.1) is 17.3 Å². The van der Waals surface area contributed by atoms with Crippen molar-refractivity contribution in [3.8, 4) is 11.3 Å². The van der Waals surface area contributed by atoms with E-state index in [0.29, 0.717) is 12.5 Å². The molecular weight excluding hydrogens is 380 g/mol. The van der Waals surface area contributed by atoms with E-state index in [1.54, 1.807) is 40.2 Å². The van der Waals surface area contributed by atoms with Crippen LogP contribution in [0.5, 0.6) is 0 Å². The van der Waals surface area contributed by atoms with Gasteiger partial charge in [-0.15, -0.1) is 0 Å². The first-order valence-electron chi connectivity index (χ1n) is 10.1. The maximum Gasteiger partial charge on any atom is 0.266 e. The van der Waals surface area contributed by atoms with E-state index in [-0.39, 0.29) is 5.56 Å². The minimum atomic E-state index is -0.0666. The maximum absolute atomic E-state index is 12.4. The molecule has 0 aromatic carbocycles. The zero-order valence-electron chi connectivity index (χ0n) is 16.7. The summed E-state index contributed by atoms with van der Waals surface area (Å²) in [4.78, 5) is 27.5. The Morgan fingerprint density at radius 2 is 1.87 bits per heavy atom. The Bertz CT molecular complexity index is 1220. The number of anilines is 1. The van der Waals surface area contributed by atoms with Gasteiger partial charge in [-0.1, -0.05) is 0 Å². The molecule has 5 rings (SSSR count). The summed E-state index contributed by atoms with van der Waals surface area (Å²) in [5.41, 5.74) is 2.51. The summed E-state index contributed by atoms with van der Waals surface area (Å²) in [5.74, 6) is 1.33. The van der Waals surface area contributed by atoms with E-state index in [9.17, 15) is 4.79 Å². The third-order valence-corrected chi connectivity index (χ3v) is 5.70. The molecule has 9 nitrogen and oxygen atoms in total. The summed E-state index contributed by atoms with van der Waals surface area (Å²) in [5, 5.41) is 9.86. The summed E-state index contributed by atoms with van der Waals surface area (Å²) in [6.45, 7) is 2.38. The third-order valence-electron chi connectivity index (χ3n) is 5.70. The van der Waals surface area contributed by atoms with Gasteiger partial charge in [0, 0.05) is 50.7 Å². The van der Waals surface area contributed by atoms with Gasteiger partial charge < -0.3 is 4.90 Å². The average molecular weight is 402 g/mol. The maximum atomic E-state index is 12.4. The lowest BCUT2D eigenvalue weighted by atomic mass is 9.96. The SMILES string of the molecule is Cn1ncc2c(N3CCC(Cn4nc(-c5ccncc5)ccc4=O)CC3)ncnc21. The second-order valence-corrected chi connectivity index (χ2v) is 7.61. The van der Waals surface area contributed by atoms with Crippen LogP contribution in [0.15, 0.2) is 54.0 Å². The Hall–Kier alpha value is -3.62. The molecule has 1 aliphatic rings. The Kier molecular flexibility index (Phi) is 4.70. The van der Waals surface area contributed by atoms with Crippen LogP contribution in [0, 0.1) is 5.92 Å². The van der Waals surface area contributed by atoms with Crippen molar-refractivity contribution in [1.82, 2.24) is 34.5 Å². The summed E-state index contributed by atoms with van der Waals surface area (Å²) >= 11 is 0. The standard InChI is InChI=1S/C21H22N8O/c1-27-20-17(12-25-27)21(24-14-23-20)28-10-6-15(7-11-28)13-29-19(30)3-2-18(26-29)16-4-8-22-9-5-16/h2-5,8-9,12,14-15H,6-7,10-11,13H2,1H3. The molecular formula is C21H22N8O. The third kappa shape index (κ3) is 3.42. The van der Waals surface area contributed by atoms with Gasteiger partial charge in [0.1, 0.15) is 12.1 Å². The Balaban J connectivity index is 1.30. The molecule has 30 heavy (non-hydrogen) atoms. The molecule has 0 N–H and O–H groups in total. The van der Waals surface area contributed by atoms with Crippen LogP contribution < -0.4 is 10.5 Å². The lowest BCUT2D eigenvalue weighted by Gasteiger charge is -2.33. The average Bonchev–Trinajstić information content (AvgIpc) is 3.17. The summed E-state index contributed by atoms with van der Waals surface area (Å²) in [6.07, 6.45) is 8.83. The molecule has 0 saturated carbocycles. The van der Waals surface area contributed by atoms with Crippen molar-refractivity contribution >= 4 is 16.9 Å². The van der Waals surface area contributed by atoms with E-state index in [0.717, 1.165) is 54.0 Å². The van der Waals surface area contributed by atoms with E-state index in [1.165, 1.54) is 0 Å². The lowest BCUT2D eigenvalue weighted by molar-refractivity contribution is 0.335. The molecule has 1 fully saturated rings. The number of pyridine rings is 1. The minimum absolute atomic E-state index is 0.0666. The molecule has 0 radical (unpaired) electrons. The normalized spacial score (nSPS) is 15.0. The molecule has 152 valence electrons. The fraction of sp³-hybridized carbons (Fsp3) is 0.333. The van der Waals surface area contributed by atoms with Crippen LogP contribution in [0.1, 0.15) is 12.8 Å². The largest absolute Gasteiger partial charge is 0.356 e. The number of aryl methyl sites for hydroxylation is 1. The van der Waals surface area contributed by atoms with Crippen molar-refractivity contribution in [3.05, 3.63) is 59.5 Å². The predicted molar refractivity (Wildman–Crippen MR) is 113 cm³/mol. The van der Waals surface area contributed by atoms with Gasteiger partial charge >= 0.3 is 0 Å². The lowest BCUT2D eigenvalue weighted by Crippen LogP contribution is -2.37. The molecule has 9 heteroatoms. The Morgan fingerprint density at radius 3 is 2.67 bits per heavy atom.